The number of nitrogens with zero attached hydrogens (tertiary/aromatic N) is 2. The number of aromatic hydroxyl groups is 1. The first-order valence-corrected chi connectivity index (χ1v) is 7.81. The highest BCUT2D eigenvalue weighted by Crippen LogP contribution is 2.28. The molecule has 2 aromatic heterocycles. The second kappa shape index (κ2) is 6.21. The van der Waals surface area contributed by atoms with Crippen LogP contribution < -0.4 is 0 Å². The van der Waals surface area contributed by atoms with Crippen LogP contribution >= 0.6 is 11.3 Å². The Morgan fingerprint density at radius 2 is 2.13 bits per heavy atom. The van der Waals surface area contributed by atoms with Crippen LogP contribution in [0.2, 0.25) is 0 Å². The van der Waals surface area contributed by atoms with E-state index < -0.39 is 12.1 Å². The fraction of sp³-hybridized carbons (Fsp3) is 0.188. The van der Waals surface area contributed by atoms with E-state index in [0.717, 1.165) is 4.88 Å². The van der Waals surface area contributed by atoms with Crippen LogP contribution in [0.3, 0.4) is 0 Å². The van der Waals surface area contributed by atoms with Crippen LogP contribution in [-0.4, -0.2) is 21.3 Å². The Balaban J connectivity index is 1.75. The minimum absolute atomic E-state index is 0.0884. The van der Waals surface area contributed by atoms with Gasteiger partial charge in [-0.3, -0.25) is 0 Å². The summed E-state index contributed by atoms with van der Waals surface area (Å²) in [5.41, 5.74) is 0.708. The molecule has 0 unspecified atom stereocenters. The van der Waals surface area contributed by atoms with Gasteiger partial charge < -0.3 is 14.3 Å². The number of rotatable bonds is 4. The van der Waals surface area contributed by atoms with Crippen molar-refractivity contribution in [1.29, 1.82) is 0 Å². The molecule has 3 aromatic rings. The van der Waals surface area contributed by atoms with E-state index in [0.29, 0.717) is 11.5 Å². The largest absolute Gasteiger partial charge is 0.507 e. The van der Waals surface area contributed by atoms with E-state index in [1.54, 1.807) is 26.0 Å². The van der Waals surface area contributed by atoms with Crippen LogP contribution in [0.15, 0.2) is 40.1 Å². The number of benzene rings is 1. The lowest BCUT2D eigenvalue weighted by atomic mass is 10.1. The number of aryl methyl sites for hydroxylation is 1. The highest BCUT2D eigenvalue weighted by molar-refractivity contribution is 7.13. The molecule has 0 fully saturated rings. The van der Waals surface area contributed by atoms with Gasteiger partial charge in [0.15, 0.2) is 6.10 Å². The molecule has 0 radical (unpaired) electrons. The minimum atomic E-state index is -0.719. The lowest BCUT2D eigenvalue weighted by Crippen LogP contribution is -2.10. The average Bonchev–Trinajstić information content (AvgIpc) is 3.20. The molecule has 0 amide bonds. The average molecular weight is 330 g/mol. The zero-order chi connectivity index (χ0) is 16.4. The SMILES string of the molecule is Cc1cccc(C(=O)O[C@H](C)c2nnc(-c3cccs3)o2)c1O. The number of thiophene rings is 1. The number of esters is 1. The molecule has 2 heterocycles. The minimum Gasteiger partial charge on any atom is -0.507 e. The van der Waals surface area contributed by atoms with Crippen molar-refractivity contribution >= 4 is 17.3 Å². The van der Waals surface area contributed by atoms with Crippen molar-refractivity contribution in [3.8, 4) is 16.5 Å². The fourth-order valence-corrected chi connectivity index (χ4v) is 2.64. The van der Waals surface area contributed by atoms with Gasteiger partial charge in [-0.05, 0) is 36.9 Å². The molecule has 3 rings (SSSR count). The van der Waals surface area contributed by atoms with Gasteiger partial charge in [0.05, 0.1) is 4.88 Å². The molecule has 1 N–H and O–H groups in total. The molecule has 0 bridgehead atoms. The van der Waals surface area contributed by atoms with Gasteiger partial charge in [0, 0.05) is 0 Å². The molecular formula is C16H14N2O4S. The van der Waals surface area contributed by atoms with Crippen molar-refractivity contribution in [2.24, 2.45) is 0 Å². The number of ether oxygens (including phenoxy) is 1. The summed E-state index contributed by atoms with van der Waals surface area (Å²) in [6, 6.07) is 8.64. The Hall–Kier alpha value is -2.67. The Kier molecular flexibility index (Phi) is 4.12. The van der Waals surface area contributed by atoms with Crippen LogP contribution in [0.5, 0.6) is 5.75 Å². The van der Waals surface area contributed by atoms with E-state index >= 15 is 0 Å². The van der Waals surface area contributed by atoms with Crippen LogP contribution in [0.4, 0.5) is 0 Å². The predicted octanol–water partition coefficient (Wildman–Crippen LogP) is 3.73. The second-order valence-electron chi connectivity index (χ2n) is 4.94. The number of phenols is 1. The highest BCUT2D eigenvalue weighted by Gasteiger charge is 2.22. The number of hydrogen-bond donors (Lipinski definition) is 1. The van der Waals surface area contributed by atoms with Crippen molar-refractivity contribution in [2.45, 2.75) is 20.0 Å². The van der Waals surface area contributed by atoms with Crippen molar-refractivity contribution in [3.05, 3.63) is 52.7 Å². The third-order valence-corrected chi connectivity index (χ3v) is 4.12. The van der Waals surface area contributed by atoms with Crippen LogP contribution in [-0.2, 0) is 4.74 Å². The van der Waals surface area contributed by atoms with Gasteiger partial charge in [-0.1, -0.05) is 18.2 Å². The number of para-hydroxylation sites is 1. The predicted molar refractivity (Wildman–Crippen MR) is 84.3 cm³/mol. The molecule has 0 spiro atoms. The summed E-state index contributed by atoms with van der Waals surface area (Å²) in [4.78, 5) is 13.0. The van der Waals surface area contributed by atoms with Gasteiger partial charge >= 0.3 is 5.97 Å². The van der Waals surface area contributed by atoms with Gasteiger partial charge in [0.25, 0.3) is 11.8 Å². The third-order valence-electron chi connectivity index (χ3n) is 3.26. The normalized spacial score (nSPS) is 12.1. The van der Waals surface area contributed by atoms with Crippen molar-refractivity contribution in [1.82, 2.24) is 10.2 Å². The first-order valence-electron chi connectivity index (χ1n) is 6.93. The Morgan fingerprint density at radius 1 is 1.30 bits per heavy atom. The van der Waals surface area contributed by atoms with Crippen LogP contribution in [0.1, 0.15) is 34.8 Å². The smallest absolute Gasteiger partial charge is 0.342 e. The molecular weight excluding hydrogens is 316 g/mol. The van der Waals surface area contributed by atoms with Gasteiger partial charge in [0.2, 0.25) is 0 Å². The zero-order valence-electron chi connectivity index (χ0n) is 12.5. The molecule has 0 aliphatic carbocycles. The maximum atomic E-state index is 12.2. The Morgan fingerprint density at radius 3 is 2.87 bits per heavy atom. The van der Waals surface area contributed by atoms with E-state index in [2.05, 4.69) is 10.2 Å². The number of phenolic OH excluding ortho intramolecular Hbond substituents is 1. The first-order chi connectivity index (χ1) is 11.1. The van der Waals surface area contributed by atoms with Crippen molar-refractivity contribution in [2.75, 3.05) is 0 Å². The number of carbonyl (C=O) groups excluding carboxylic acids is 1. The van der Waals surface area contributed by atoms with Crippen LogP contribution in [0, 0.1) is 6.92 Å². The highest BCUT2D eigenvalue weighted by atomic mass is 32.1. The van der Waals surface area contributed by atoms with E-state index in [9.17, 15) is 9.90 Å². The molecule has 0 saturated carbocycles. The molecule has 1 aromatic carbocycles. The third kappa shape index (κ3) is 3.09. The van der Waals surface area contributed by atoms with E-state index in [4.69, 9.17) is 9.15 Å². The molecule has 0 aliphatic rings. The fourth-order valence-electron chi connectivity index (χ4n) is 2.00. The van der Waals surface area contributed by atoms with E-state index in [1.165, 1.54) is 17.4 Å². The Bertz CT molecular complexity index is 826. The molecule has 0 saturated heterocycles. The first kappa shape index (κ1) is 15.2. The summed E-state index contributed by atoms with van der Waals surface area (Å²) in [7, 11) is 0. The van der Waals surface area contributed by atoms with E-state index in [1.807, 2.05) is 17.5 Å². The lowest BCUT2D eigenvalue weighted by Gasteiger charge is -2.11. The monoisotopic (exact) mass is 330 g/mol. The van der Waals surface area contributed by atoms with Gasteiger partial charge in [-0.15, -0.1) is 21.5 Å². The molecule has 0 aliphatic heterocycles. The quantitative estimate of drug-likeness (QED) is 0.734. The molecule has 23 heavy (non-hydrogen) atoms. The standard InChI is InChI=1S/C16H14N2O4S/c1-9-5-3-6-11(13(9)19)16(20)21-10(2)14-17-18-15(22-14)12-7-4-8-23-12/h3-8,10,19H,1-2H3/t10-/m1/s1. The maximum absolute atomic E-state index is 12.2. The van der Waals surface area contributed by atoms with E-state index in [-0.39, 0.29) is 17.2 Å². The number of aromatic nitrogens is 2. The van der Waals surface area contributed by atoms with Gasteiger partial charge in [-0.25, -0.2) is 4.79 Å². The van der Waals surface area contributed by atoms with Crippen molar-refractivity contribution < 1.29 is 19.1 Å². The summed E-state index contributed by atoms with van der Waals surface area (Å²) in [6.45, 7) is 3.34. The summed E-state index contributed by atoms with van der Waals surface area (Å²) >= 11 is 1.48. The molecule has 1 atom stereocenters. The molecule has 7 heteroatoms. The lowest BCUT2D eigenvalue weighted by molar-refractivity contribution is 0.0276. The van der Waals surface area contributed by atoms with Crippen molar-refractivity contribution in [3.63, 3.8) is 0 Å². The summed E-state index contributed by atoms with van der Waals surface area (Å²) in [5, 5.41) is 19.7. The van der Waals surface area contributed by atoms with Gasteiger partial charge in [-0.2, -0.15) is 0 Å². The summed E-state index contributed by atoms with van der Waals surface area (Å²) in [6.07, 6.45) is -0.719. The van der Waals surface area contributed by atoms with Crippen LogP contribution in [0.25, 0.3) is 10.8 Å². The topological polar surface area (TPSA) is 85.5 Å². The zero-order valence-corrected chi connectivity index (χ0v) is 13.3. The number of carbonyl (C=O) groups is 1. The molecule has 6 nitrogen and oxygen atoms in total. The van der Waals surface area contributed by atoms with Gasteiger partial charge in [0.1, 0.15) is 11.3 Å². The summed E-state index contributed by atoms with van der Waals surface area (Å²) < 4.78 is 10.8. The maximum Gasteiger partial charge on any atom is 0.342 e. The second-order valence-corrected chi connectivity index (χ2v) is 5.89. The molecule has 118 valence electrons. The Labute approximate surface area is 136 Å². The number of hydrogen-bond acceptors (Lipinski definition) is 7. The summed E-state index contributed by atoms with van der Waals surface area (Å²) in [5.74, 6) is -0.144.